The number of nitrogens with zero attached hydrogens (tertiary/aromatic N) is 1. The highest BCUT2D eigenvalue weighted by Crippen LogP contribution is 2.44. The van der Waals surface area contributed by atoms with Crippen molar-refractivity contribution in [2.45, 2.75) is 5.92 Å². The highest BCUT2D eigenvalue weighted by molar-refractivity contribution is 6.64. The minimum Gasteiger partial charge on any atom is -0.302 e. The second-order valence-electron chi connectivity index (χ2n) is 5.44. The van der Waals surface area contributed by atoms with Crippen LogP contribution in [-0.4, -0.2) is 36.1 Å². The van der Waals surface area contributed by atoms with Gasteiger partial charge in [-0.15, -0.1) is 0 Å². The third-order valence-corrected chi connectivity index (χ3v) is 4.20. The fraction of sp³-hybridized carbons (Fsp3) is 0.222. The Balaban J connectivity index is 1.96. The Kier molecular flexibility index (Phi) is 4.36. The van der Waals surface area contributed by atoms with Crippen molar-refractivity contribution < 1.29 is 9.59 Å². The molecule has 0 radical (unpaired) electrons. The lowest BCUT2D eigenvalue weighted by Gasteiger charge is -2.23. The molecule has 0 heterocycles. The van der Waals surface area contributed by atoms with Gasteiger partial charge < -0.3 is 4.79 Å². The van der Waals surface area contributed by atoms with Gasteiger partial charge in [0.15, 0.2) is 0 Å². The lowest BCUT2D eigenvalue weighted by molar-refractivity contribution is -0.113. The van der Waals surface area contributed by atoms with Crippen LogP contribution in [0.3, 0.4) is 0 Å². The fourth-order valence-corrected chi connectivity index (χ4v) is 3.37. The first-order chi connectivity index (χ1) is 10.7. The zero-order valence-electron chi connectivity index (χ0n) is 12.0. The van der Waals surface area contributed by atoms with Gasteiger partial charge in [-0.25, -0.2) is 0 Å². The van der Waals surface area contributed by atoms with E-state index in [4.69, 9.17) is 11.6 Å². The number of halogens is 1. The van der Waals surface area contributed by atoms with Gasteiger partial charge in [0.1, 0.15) is 6.29 Å². The van der Waals surface area contributed by atoms with Crippen LogP contribution in [0.15, 0.2) is 48.5 Å². The van der Waals surface area contributed by atoms with Crippen molar-refractivity contribution in [2.75, 3.05) is 19.6 Å². The van der Waals surface area contributed by atoms with Gasteiger partial charge in [-0.1, -0.05) is 48.5 Å². The van der Waals surface area contributed by atoms with Crippen molar-refractivity contribution in [1.82, 2.24) is 4.90 Å². The molecule has 0 fully saturated rings. The van der Waals surface area contributed by atoms with Gasteiger partial charge >= 0.3 is 0 Å². The van der Waals surface area contributed by atoms with Gasteiger partial charge in [-0.3, -0.25) is 9.69 Å². The Morgan fingerprint density at radius 2 is 1.59 bits per heavy atom. The van der Waals surface area contributed by atoms with E-state index in [9.17, 15) is 9.59 Å². The van der Waals surface area contributed by atoms with Crippen LogP contribution in [0.4, 0.5) is 0 Å². The molecular weight excluding hydrogens is 298 g/mol. The van der Waals surface area contributed by atoms with Crippen molar-refractivity contribution in [2.24, 2.45) is 0 Å². The van der Waals surface area contributed by atoms with E-state index >= 15 is 0 Å². The summed E-state index contributed by atoms with van der Waals surface area (Å²) in [4.78, 5) is 23.9. The Bertz CT molecular complexity index is 668. The summed E-state index contributed by atoms with van der Waals surface area (Å²) in [6.45, 7) is 0.894. The molecule has 0 spiro atoms. The van der Waals surface area contributed by atoms with Crippen molar-refractivity contribution in [3.8, 4) is 11.1 Å². The molecule has 4 heteroatoms. The van der Waals surface area contributed by atoms with Crippen LogP contribution < -0.4 is 0 Å². The monoisotopic (exact) mass is 313 g/mol. The Morgan fingerprint density at radius 1 is 1.05 bits per heavy atom. The van der Waals surface area contributed by atoms with Gasteiger partial charge in [0.05, 0.1) is 13.1 Å². The van der Waals surface area contributed by atoms with Crippen molar-refractivity contribution in [3.05, 3.63) is 59.7 Å². The predicted octanol–water partition coefficient (Wildman–Crippen LogP) is 3.07. The molecule has 0 amide bonds. The molecule has 2 aromatic carbocycles. The molecule has 3 nitrogen and oxygen atoms in total. The van der Waals surface area contributed by atoms with Gasteiger partial charge in [-0.2, -0.15) is 0 Å². The zero-order chi connectivity index (χ0) is 15.5. The maximum Gasteiger partial charge on any atom is 0.235 e. The Morgan fingerprint density at radius 3 is 2.09 bits per heavy atom. The Hall–Kier alpha value is -1.97. The third-order valence-electron chi connectivity index (χ3n) is 4.08. The van der Waals surface area contributed by atoms with Crippen LogP contribution in [-0.2, 0) is 9.59 Å². The molecule has 1 aliphatic rings. The third kappa shape index (κ3) is 2.82. The maximum absolute atomic E-state index is 11.2. The number of carbonyl (C=O) groups excluding carboxylic acids is 2. The number of hydrogen-bond acceptors (Lipinski definition) is 3. The summed E-state index contributed by atoms with van der Waals surface area (Å²) in [6.07, 6.45) is 0.812. The normalized spacial score (nSPS) is 13.0. The number of benzene rings is 2. The molecule has 3 rings (SSSR count). The lowest BCUT2D eigenvalue weighted by atomic mass is 9.96. The molecule has 0 saturated heterocycles. The summed E-state index contributed by atoms with van der Waals surface area (Å²) >= 11 is 5.50. The molecule has 0 aromatic heterocycles. The van der Waals surface area contributed by atoms with E-state index in [0.717, 1.165) is 6.29 Å². The summed E-state index contributed by atoms with van der Waals surface area (Å²) in [7, 11) is 0. The minimum atomic E-state index is -0.443. The first-order valence-electron chi connectivity index (χ1n) is 7.23. The number of rotatable bonds is 6. The van der Waals surface area contributed by atoms with Crippen LogP contribution in [0.5, 0.6) is 0 Å². The molecular formula is C18H16ClNO2. The van der Waals surface area contributed by atoms with Gasteiger partial charge in [0, 0.05) is 12.5 Å². The van der Waals surface area contributed by atoms with E-state index in [0.29, 0.717) is 6.54 Å². The Labute approximate surface area is 134 Å². The summed E-state index contributed by atoms with van der Waals surface area (Å²) in [5, 5.41) is -0.443. The molecule has 2 aromatic rings. The second kappa shape index (κ2) is 6.42. The number of carbonyl (C=O) groups is 2. The van der Waals surface area contributed by atoms with Crippen molar-refractivity contribution in [3.63, 3.8) is 0 Å². The first kappa shape index (κ1) is 14.9. The average Bonchev–Trinajstić information content (AvgIpc) is 2.82. The quantitative estimate of drug-likeness (QED) is 0.607. The molecule has 0 atom stereocenters. The van der Waals surface area contributed by atoms with E-state index in [1.807, 2.05) is 24.3 Å². The topological polar surface area (TPSA) is 37.4 Å². The number of fused-ring (bicyclic) bond motifs is 3. The van der Waals surface area contributed by atoms with Crippen LogP contribution in [0.2, 0.25) is 0 Å². The second-order valence-corrected chi connectivity index (χ2v) is 5.86. The number of aldehydes is 1. The van der Waals surface area contributed by atoms with E-state index in [2.05, 4.69) is 24.3 Å². The highest BCUT2D eigenvalue weighted by Gasteiger charge is 2.29. The summed E-state index contributed by atoms with van der Waals surface area (Å²) in [5.74, 6) is 0.156. The molecule has 1 aliphatic carbocycles. The largest absolute Gasteiger partial charge is 0.302 e. The number of hydrogen-bond donors (Lipinski definition) is 0. The van der Waals surface area contributed by atoms with Gasteiger partial charge in [-0.05, 0) is 33.9 Å². The van der Waals surface area contributed by atoms with Crippen LogP contribution in [0.1, 0.15) is 17.0 Å². The van der Waals surface area contributed by atoms with Gasteiger partial charge in [0.2, 0.25) is 5.24 Å². The standard InChI is InChI=1S/C18H16ClNO2/c19-18(22)12-20(9-10-21)11-17-15-7-3-1-5-13(15)14-6-2-4-8-16(14)17/h1-8,10,17H,9,11-12H2. The van der Waals surface area contributed by atoms with E-state index in [1.165, 1.54) is 22.3 Å². The van der Waals surface area contributed by atoms with Crippen molar-refractivity contribution in [1.29, 1.82) is 0 Å². The summed E-state index contributed by atoms with van der Waals surface area (Å²) < 4.78 is 0. The SMILES string of the molecule is O=CCN(CC(=O)Cl)CC1c2ccccc2-c2ccccc21. The highest BCUT2D eigenvalue weighted by atomic mass is 35.5. The first-order valence-corrected chi connectivity index (χ1v) is 7.61. The predicted molar refractivity (Wildman–Crippen MR) is 87.1 cm³/mol. The van der Waals surface area contributed by atoms with Gasteiger partial charge in [0.25, 0.3) is 0 Å². The van der Waals surface area contributed by atoms with Crippen LogP contribution >= 0.6 is 11.6 Å². The molecule has 0 saturated carbocycles. The van der Waals surface area contributed by atoms with E-state index < -0.39 is 5.24 Å². The fourth-order valence-electron chi connectivity index (χ4n) is 3.20. The average molecular weight is 314 g/mol. The lowest BCUT2D eigenvalue weighted by Crippen LogP contribution is -2.33. The molecule has 0 aliphatic heterocycles. The molecule has 0 N–H and O–H groups in total. The minimum absolute atomic E-state index is 0.0845. The zero-order valence-corrected chi connectivity index (χ0v) is 12.8. The van der Waals surface area contributed by atoms with Crippen molar-refractivity contribution >= 4 is 23.1 Å². The van der Waals surface area contributed by atoms with E-state index in [1.54, 1.807) is 4.90 Å². The maximum atomic E-state index is 11.2. The van der Waals surface area contributed by atoms with Crippen LogP contribution in [0, 0.1) is 0 Å². The molecule has 0 unspecified atom stereocenters. The summed E-state index contributed by atoms with van der Waals surface area (Å²) in [6, 6.07) is 16.6. The molecule has 0 bridgehead atoms. The smallest absolute Gasteiger partial charge is 0.235 e. The van der Waals surface area contributed by atoms with Crippen LogP contribution in [0.25, 0.3) is 11.1 Å². The van der Waals surface area contributed by atoms with E-state index in [-0.39, 0.29) is 19.0 Å². The summed E-state index contributed by atoms with van der Waals surface area (Å²) in [5.41, 5.74) is 4.93. The molecule has 22 heavy (non-hydrogen) atoms. The molecule has 112 valence electrons.